The second kappa shape index (κ2) is 11.3. The Morgan fingerprint density at radius 2 is 1.63 bits per heavy atom. The Morgan fingerprint density at radius 1 is 0.921 bits per heavy atom. The van der Waals surface area contributed by atoms with Crippen LogP contribution >= 0.6 is 0 Å². The van der Waals surface area contributed by atoms with E-state index in [0.29, 0.717) is 23.4 Å². The van der Waals surface area contributed by atoms with E-state index in [1.165, 1.54) is 77.0 Å². The van der Waals surface area contributed by atoms with Gasteiger partial charge in [-0.05, 0) is 110 Å². The molecule has 4 heteroatoms. The molecule has 218 valence electrons. The number of ether oxygens (including phenoxy) is 1. The lowest BCUT2D eigenvalue weighted by Gasteiger charge is -2.61. The molecule has 5 rings (SSSR count). The second-order valence-corrected chi connectivity index (χ2v) is 16.1. The highest BCUT2D eigenvalue weighted by Crippen LogP contribution is 2.68. The number of amides is 1. The van der Waals surface area contributed by atoms with Crippen LogP contribution in [0.3, 0.4) is 0 Å². The van der Waals surface area contributed by atoms with Crippen LogP contribution in [0.5, 0.6) is 0 Å². The maximum absolute atomic E-state index is 13.0. The van der Waals surface area contributed by atoms with Gasteiger partial charge in [0.2, 0.25) is 0 Å². The smallest absolute Gasteiger partial charge is 0.275 e. The molecule has 4 saturated carbocycles. The Morgan fingerprint density at radius 3 is 2.37 bits per heavy atom. The molecule has 1 heterocycles. The summed E-state index contributed by atoms with van der Waals surface area (Å²) in [6.07, 6.45) is 16.8. The maximum Gasteiger partial charge on any atom is 0.275 e. The molecule has 9 atom stereocenters. The fraction of sp³-hybridized carbons (Fsp3) is 0.971. The zero-order valence-corrected chi connectivity index (χ0v) is 25.9. The van der Waals surface area contributed by atoms with Gasteiger partial charge >= 0.3 is 0 Å². The maximum atomic E-state index is 13.0. The van der Waals surface area contributed by atoms with E-state index in [-0.39, 0.29) is 5.91 Å². The monoisotopic (exact) mass is 529 g/mol. The van der Waals surface area contributed by atoms with Gasteiger partial charge in [0.05, 0.1) is 20.3 Å². The Balaban J connectivity index is 1.18. The summed E-state index contributed by atoms with van der Waals surface area (Å²) in [4.78, 5) is 13.0. The third-order valence-electron chi connectivity index (χ3n) is 13.3. The van der Waals surface area contributed by atoms with Crippen LogP contribution in [0.2, 0.25) is 0 Å². The van der Waals surface area contributed by atoms with E-state index in [4.69, 9.17) is 4.74 Å². The van der Waals surface area contributed by atoms with Crippen LogP contribution in [-0.2, 0) is 9.53 Å². The van der Waals surface area contributed by atoms with E-state index in [9.17, 15) is 4.79 Å². The molecule has 1 N–H and O–H groups in total. The predicted octanol–water partition coefficient (Wildman–Crippen LogP) is 7.07. The third-order valence-corrected chi connectivity index (χ3v) is 13.3. The zero-order valence-electron chi connectivity index (χ0n) is 25.9. The number of carbonyl (C=O) groups excluding carboxylic acids is 1. The first-order valence-corrected chi connectivity index (χ1v) is 16.7. The van der Waals surface area contributed by atoms with E-state index in [1.54, 1.807) is 0 Å². The molecule has 1 amide bonds. The van der Waals surface area contributed by atoms with Crippen molar-refractivity contribution in [2.24, 2.45) is 52.3 Å². The SMILES string of the molecule is CC(C)CCC[C@@H](C)[C@H]1CC[C@H]2[C@@H]3CC[C@@H]4C[C@@H](NC(=O)C[N+]5(C)CCOCC5)CC[C@]4(C)[C@H]3CC[C@]12C. The molecule has 0 unspecified atom stereocenters. The molecule has 1 aliphatic heterocycles. The number of likely N-dealkylation sites (N-methyl/N-ethyl adjacent to an activating group) is 1. The van der Waals surface area contributed by atoms with E-state index in [1.807, 2.05) is 0 Å². The highest BCUT2D eigenvalue weighted by atomic mass is 16.5. The summed E-state index contributed by atoms with van der Waals surface area (Å²) in [7, 11) is 2.22. The largest absolute Gasteiger partial charge is 0.370 e. The number of fused-ring (bicyclic) bond motifs is 5. The number of morpholine rings is 1. The van der Waals surface area contributed by atoms with Crippen molar-refractivity contribution in [1.82, 2.24) is 5.32 Å². The number of hydrogen-bond donors (Lipinski definition) is 1. The lowest BCUT2D eigenvalue weighted by Crippen LogP contribution is -2.58. The first-order chi connectivity index (χ1) is 18.0. The van der Waals surface area contributed by atoms with Crippen molar-refractivity contribution >= 4 is 5.91 Å². The van der Waals surface area contributed by atoms with Gasteiger partial charge in [-0.1, -0.05) is 53.9 Å². The van der Waals surface area contributed by atoms with Gasteiger partial charge in [0.1, 0.15) is 13.1 Å². The molecule has 0 spiro atoms. The highest BCUT2D eigenvalue weighted by molar-refractivity contribution is 5.77. The molecule has 5 fully saturated rings. The van der Waals surface area contributed by atoms with Crippen molar-refractivity contribution in [3.05, 3.63) is 0 Å². The quantitative estimate of drug-likeness (QED) is 0.342. The fourth-order valence-corrected chi connectivity index (χ4v) is 11.0. The second-order valence-electron chi connectivity index (χ2n) is 16.1. The molecular formula is C34H61N2O2+. The standard InChI is InChI=1S/C34H60N2O2/c1-24(2)8-7-9-25(3)29-12-13-30-28-11-10-26-22-27(35-32(37)23-36(6)18-20-38-21-19-36)14-16-33(26,4)31(28)15-17-34(29,30)5/h24-31H,7-23H2,1-6H3/p+1/t25-,26-,27+,28+,29-,30+,31+,33+,34-/m1/s1. The van der Waals surface area contributed by atoms with Crippen LogP contribution < -0.4 is 5.32 Å². The minimum Gasteiger partial charge on any atom is -0.370 e. The number of rotatable bonds is 8. The Hall–Kier alpha value is -0.610. The molecule has 0 aromatic heterocycles. The molecule has 0 aromatic rings. The van der Waals surface area contributed by atoms with E-state index in [0.717, 1.165) is 72.2 Å². The third kappa shape index (κ3) is 5.61. The molecule has 5 aliphatic rings. The van der Waals surface area contributed by atoms with Gasteiger partial charge < -0.3 is 14.5 Å². The summed E-state index contributed by atoms with van der Waals surface area (Å²) in [6.45, 7) is 16.9. The minimum atomic E-state index is 0.268. The van der Waals surface area contributed by atoms with Crippen LogP contribution in [-0.4, -0.2) is 56.3 Å². The summed E-state index contributed by atoms with van der Waals surface area (Å²) in [6, 6.07) is 0.390. The molecule has 0 bridgehead atoms. The average molecular weight is 530 g/mol. The molecular weight excluding hydrogens is 468 g/mol. The Labute approximate surface area is 235 Å². The van der Waals surface area contributed by atoms with E-state index in [2.05, 4.69) is 47.0 Å². The van der Waals surface area contributed by atoms with Crippen molar-refractivity contribution in [3.63, 3.8) is 0 Å². The summed E-state index contributed by atoms with van der Waals surface area (Å²) in [5.41, 5.74) is 1.08. The van der Waals surface area contributed by atoms with Crippen molar-refractivity contribution in [3.8, 4) is 0 Å². The number of nitrogens with one attached hydrogen (secondary N) is 1. The Kier molecular flexibility index (Phi) is 8.63. The molecule has 0 aromatic carbocycles. The molecule has 4 nitrogen and oxygen atoms in total. The average Bonchev–Trinajstić information content (AvgIpc) is 3.21. The van der Waals surface area contributed by atoms with Gasteiger partial charge in [-0.25, -0.2) is 0 Å². The van der Waals surface area contributed by atoms with Gasteiger partial charge in [-0.3, -0.25) is 4.79 Å². The number of hydrogen-bond acceptors (Lipinski definition) is 2. The first kappa shape index (κ1) is 28.9. The van der Waals surface area contributed by atoms with E-state index < -0.39 is 0 Å². The van der Waals surface area contributed by atoms with Crippen LogP contribution in [0.4, 0.5) is 0 Å². The molecule has 4 aliphatic carbocycles. The van der Waals surface area contributed by atoms with Crippen molar-refractivity contribution in [1.29, 1.82) is 0 Å². The lowest BCUT2D eigenvalue weighted by atomic mass is 9.44. The van der Waals surface area contributed by atoms with Crippen LogP contribution in [0.1, 0.15) is 112 Å². The minimum absolute atomic E-state index is 0.268. The van der Waals surface area contributed by atoms with Crippen molar-refractivity contribution in [2.45, 2.75) is 118 Å². The van der Waals surface area contributed by atoms with Gasteiger partial charge in [0.25, 0.3) is 5.91 Å². The van der Waals surface area contributed by atoms with Crippen molar-refractivity contribution in [2.75, 3.05) is 39.9 Å². The lowest BCUT2D eigenvalue weighted by molar-refractivity contribution is -0.909. The van der Waals surface area contributed by atoms with Crippen LogP contribution in [0.25, 0.3) is 0 Å². The topological polar surface area (TPSA) is 38.3 Å². The first-order valence-electron chi connectivity index (χ1n) is 16.7. The summed E-state index contributed by atoms with van der Waals surface area (Å²) in [5, 5.41) is 3.50. The fourth-order valence-electron chi connectivity index (χ4n) is 11.0. The van der Waals surface area contributed by atoms with Gasteiger partial charge in [-0.2, -0.15) is 0 Å². The highest BCUT2D eigenvalue weighted by Gasteiger charge is 2.60. The normalized spacial score (nSPS) is 43.1. The predicted molar refractivity (Wildman–Crippen MR) is 157 cm³/mol. The van der Waals surface area contributed by atoms with Crippen molar-refractivity contribution < 1.29 is 14.0 Å². The van der Waals surface area contributed by atoms with Gasteiger partial charge in [0.15, 0.2) is 6.54 Å². The summed E-state index contributed by atoms with van der Waals surface area (Å²) >= 11 is 0. The molecule has 38 heavy (non-hydrogen) atoms. The Bertz CT molecular complexity index is 821. The summed E-state index contributed by atoms with van der Waals surface area (Å²) in [5.74, 6) is 6.60. The molecule has 1 saturated heterocycles. The zero-order chi connectivity index (χ0) is 27.1. The van der Waals surface area contributed by atoms with Gasteiger partial charge in [0, 0.05) is 6.04 Å². The number of quaternary nitrogens is 1. The van der Waals surface area contributed by atoms with Crippen LogP contribution in [0.15, 0.2) is 0 Å². The van der Waals surface area contributed by atoms with E-state index >= 15 is 0 Å². The number of carbonyl (C=O) groups is 1. The summed E-state index contributed by atoms with van der Waals surface area (Å²) < 4.78 is 6.37. The van der Waals surface area contributed by atoms with Crippen LogP contribution in [0, 0.1) is 52.3 Å². The van der Waals surface area contributed by atoms with Gasteiger partial charge in [-0.15, -0.1) is 0 Å². The number of nitrogens with zero attached hydrogens (tertiary/aromatic N) is 1. The molecule has 0 radical (unpaired) electrons.